The molecule has 0 amide bonds. The first-order chi connectivity index (χ1) is 41.3. The van der Waals surface area contributed by atoms with Crippen LogP contribution in [0.1, 0.15) is 116 Å². The first-order valence-corrected chi connectivity index (χ1v) is 33.7. The minimum Gasteiger partial charge on any atom is -0.379 e. The molecule has 0 aliphatic carbocycles. The average molecular weight is 1210 g/mol. The Morgan fingerprint density at radius 2 is 0.345 bits per heavy atom. The standard InChI is InChI=1S/C60H140N18O6/c61-19-1-31-73(32-2-20-62)43-13-49-79-55-57(81-51-15-45-75(35-5-23-65)36-6-24-66)59(83-53-17-47-77(39-9-27-69)40-10-28-70)60(84-54-18-48-78(41-11-29-71)42-12-30-72)58(82-52-16-46-76(37-7-25-67)38-8-26-68)56-80-50-14-44-74(33-3-21-63)34-4-22-64/h57-60H,1-56,61-72H2. The van der Waals surface area contributed by atoms with Crippen molar-refractivity contribution in [1.29, 1.82) is 0 Å². The van der Waals surface area contributed by atoms with Gasteiger partial charge in [-0.2, -0.15) is 0 Å². The Hall–Kier alpha value is -0.960. The van der Waals surface area contributed by atoms with Crippen LogP contribution in [0.3, 0.4) is 0 Å². The summed E-state index contributed by atoms with van der Waals surface area (Å²) in [6, 6.07) is 0. The SMILES string of the molecule is NCCCN(CCCN)CCCOCC(OCCCN(CCCN)CCCN)C(OCCCN(CCCN)CCCN)C(OCCCN(CCCN)CCCN)C(COCCCN(CCCN)CCCN)OCCCN(CCCN)CCCN. The second kappa shape index (κ2) is 65.0. The molecular formula is C60H140N18O6. The lowest BCUT2D eigenvalue weighted by Gasteiger charge is -2.38. The van der Waals surface area contributed by atoms with Gasteiger partial charge >= 0.3 is 0 Å². The van der Waals surface area contributed by atoms with Crippen molar-refractivity contribution in [2.24, 2.45) is 68.8 Å². The number of rotatable bonds is 71. The molecule has 0 aliphatic heterocycles. The normalized spacial score (nSPS) is 13.8. The van der Waals surface area contributed by atoms with Gasteiger partial charge in [0.25, 0.3) is 0 Å². The van der Waals surface area contributed by atoms with Gasteiger partial charge in [-0.15, -0.1) is 0 Å². The molecule has 4 unspecified atom stereocenters. The van der Waals surface area contributed by atoms with Crippen molar-refractivity contribution in [3.05, 3.63) is 0 Å². The Kier molecular flexibility index (Phi) is 64.3. The zero-order valence-corrected chi connectivity index (χ0v) is 54.0. The Balaban J connectivity index is 7.72. The van der Waals surface area contributed by atoms with E-state index in [9.17, 15) is 0 Å². The zero-order chi connectivity index (χ0) is 61.6. The van der Waals surface area contributed by atoms with Gasteiger partial charge in [-0.25, -0.2) is 0 Å². The van der Waals surface area contributed by atoms with Crippen molar-refractivity contribution in [2.75, 3.05) is 249 Å². The molecule has 0 aromatic heterocycles. The summed E-state index contributed by atoms with van der Waals surface area (Å²) in [7, 11) is 0. The minimum atomic E-state index is -0.587. The molecule has 0 bridgehead atoms. The van der Waals surface area contributed by atoms with Crippen molar-refractivity contribution < 1.29 is 28.4 Å². The number of hydrogen-bond donors (Lipinski definition) is 12. The van der Waals surface area contributed by atoms with E-state index >= 15 is 0 Å². The molecule has 0 aliphatic rings. The molecule has 4 atom stereocenters. The molecule has 0 spiro atoms. The third-order valence-electron chi connectivity index (χ3n) is 15.0. The molecule has 0 aromatic carbocycles. The van der Waals surface area contributed by atoms with E-state index in [-0.39, 0.29) is 0 Å². The van der Waals surface area contributed by atoms with Gasteiger partial charge in [0.05, 0.1) is 13.2 Å². The highest BCUT2D eigenvalue weighted by molar-refractivity contribution is 4.87. The van der Waals surface area contributed by atoms with E-state index in [1.165, 1.54) is 0 Å². The van der Waals surface area contributed by atoms with Crippen molar-refractivity contribution in [3.8, 4) is 0 Å². The zero-order valence-electron chi connectivity index (χ0n) is 54.0. The van der Waals surface area contributed by atoms with Gasteiger partial charge in [-0.05, 0) is 273 Å². The van der Waals surface area contributed by atoms with Crippen LogP contribution in [-0.4, -0.2) is 303 Å². The molecule has 84 heavy (non-hydrogen) atoms. The van der Waals surface area contributed by atoms with Crippen molar-refractivity contribution in [2.45, 2.75) is 140 Å². The van der Waals surface area contributed by atoms with E-state index < -0.39 is 24.4 Å². The average Bonchev–Trinajstić information content (AvgIpc) is 3.71. The van der Waals surface area contributed by atoms with Crippen molar-refractivity contribution in [1.82, 2.24) is 29.4 Å². The number of nitrogens with zero attached hydrogens (tertiary/aromatic N) is 6. The van der Waals surface area contributed by atoms with Crippen LogP contribution in [0.4, 0.5) is 0 Å². The first-order valence-electron chi connectivity index (χ1n) is 33.7. The van der Waals surface area contributed by atoms with E-state index in [0.29, 0.717) is 131 Å². The molecule has 0 aromatic rings. The van der Waals surface area contributed by atoms with Crippen LogP contribution in [0.2, 0.25) is 0 Å². The molecule has 0 heterocycles. The third kappa shape index (κ3) is 48.9. The summed E-state index contributed by atoms with van der Waals surface area (Å²) < 4.78 is 42.4. The van der Waals surface area contributed by atoms with Crippen LogP contribution in [0.5, 0.6) is 0 Å². The van der Waals surface area contributed by atoms with Crippen LogP contribution in [-0.2, 0) is 28.4 Å². The molecule has 506 valence electrons. The number of ether oxygens (including phenoxy) is 6. The molecule has 24 nitrogen and oxygen atoms in total. The topological polar surface area (TPSA) is 387 Å². The van der Waals surface area contributed by atoms with Gasteiger partial charge in [0.15, 0.2) is 0 Å². The Morgan fingerprint density at radius 3 is 0.524 bits per heavy atom. The monoisotopic (exact) mass is 1210 g/mol. The van der Waals surface area contributed by atoms with E-state index in [0.717, 1.165) is 233 Å². The van der Waals surface area contributed by atoms with Gasteiger partial charge in [0, 0.05) is 78.9 Å². The largest absolute Gasteiger partial charge is 0.379 e. The molecule has 24 N–H and O–H groups in total. The molecule has 0 rings (SSSR count). The number of hydrogen-bond acceptors (Lipinski definition) is 24. The van der Waals surface area contributed by atoms with Crippen LogP contribution >= 0.6 is 0 Å². The Labute approximate surface area is 514 Å². The smallest absolute Gasteiger partial charge is 0.115 e. The van der Waals surface area contributed by atoms with Gasteiger partial charge in [-0.1, -0.05) is 0 Å². The maximum Gasteiger partial charge on any atom is 0.115 e. The lowest BCUT2D eigenvalue weighted by molar-refractivity contribution is -0.198. The molecular weight excluding hydrogens is 1070 g/mol. The fourth-order valence-electron chi connectivity index (χ4n) is 10.3. The summed E-state index contributed by atoms with van der Waals surface area (Å²) in [5, 5.41) is 0. The van der Waals surface area contributed by atoms with Crippen LogP contribution in [0, 0.1) is 0 Å². The summed E-state index contributed by atoms with van der Waals surface area (Å²) in [4.78, 5) is 14.7. The van der Waals surface area contributed by atoms with Crippen LogP contribution in [0.15, 0.2) is 0 Å². The summed E-state index contributed by atoms with van der Waals surface area (Å²) in [6.45, 7) is 27.5. The second-order valence-corrected chi connectivity index (χ2v) is 22.5. The van der Waals surface area contributed by atoms with E-state index in [1.54, 1.807) is 0 Å². The van der Waals surface area contributed by atoms with Crippen LogP contribution < -0.4 is 68.8 Å². The highest BCUT2D eigenvalue weighted by Gasteiger charge is 2.39. The first kappa shape index (κ1) is 83.0. The third-order valence-corrected chi connectivity index (χ3v) is 15.0. The van der Waals surface area contributed by atoms with Crippen molar-refractivity contribution in [3.63, 3.8) is 0 Å². The lowest BCUT2D eigenvalue weighted by Crippen LogP contribution is -2.53. The lowest BCUT2D eigenvalue weighted by atomic mass is 10.0. The molecule has 24 heteroatoms. The van der Waals surface area contributed by atoms with Gasteiger partial charge in [0.1, 0.15) is 24.4 Å². The summed E-state index contributed by atoms with van der Waals surface area (Å²) >= 11 is 0. The van der Waals surface area contributed by atoms with E-state index in [1.807, 2.05) is 0 Å². The second-order valence-electron chi connectivity index (χ2n) is 22.5. The van der Waals surface area contributed by atoms with E-state index in [4.69, 9.17) is 97.2 Å². The van der Waals surface area contributed by atoms with E-state index in [2.05, 4.69) is 29.4 Å². The van der Waals surface area contributed by atoms with Gasteiger partial charge in [0.2, 0.25) is 0 Å². The summed E-state index contributed by atoms with van der Waals surface area (Å²) in [6.07, 6.45) is 13.8. The highest BCUT2D eigenvalue weighted by Crippen LogP contribution is 2.22. The van der Waals surface area contributed by atoms with Gasteiger partial charge in [-0.3, -0.25) is 0 Å². The van der Waals surface area contributed by atoms with Crippen molar-refractivity contribution >= 4 is 0 Å². The minimum absolute atomic E-state index is 0.303. The molecule has 0 saturated carbocycles. The maximum atomic E-state index is 7.32. The highest BCUT2D eigenvalue weighted by atomic mass is 16.6. The molecule has 0 fully saturated rings. The predicted molar refractivity (Wildman–Crippen MR) is 351 cm³/mol. The van der Waals surface area contributed by atoms with Gasteiger partial charge < -0.3 is 127 Å². The van der Waals surface area contributed by atoms with Crippen LogP contribution in [0.25, 0.3) is 0 Å². The Morgan fingerprint density at radius 1 is 0.190 bits per heavy atom. The fourth-order valence-corrected chi connectivity index (χ4v) is 10.3. The summed E-state index contributed by atoms with van der Waals surface area (Å²) in [5.41, 5.74) is 71.9. The fraction of sp³-hybridized carbons (Fsp3) is 1.00. The molecule has 0 radical (unpaired) electrons. The predicted octanol–water partition coefficient (Wildman–Crippen LogP) is -1.10. The number of nitrogens with two attached hydrogens (primary N) is 12. The summed E-state index contributed by atoms with van der Waals surface area (Å²) in [5.74, 6) is 0. The Bertz CT molecular complexity index is 1150. The molecule has 0 saturated heterocycles. The maximum absolute atomic E-state index is 7.32. The quantitative estimate of drug-likeness (QED) is 0.0322.